The van der Waals surface area contributed by atoms with Gasteiger partial charge in [-0.2, -0.15) is 0 Å². The fraction of sp³-hybridized carbons (Fsp3) is 0.417. The number of ether oxygens (including phenoxy) is 1. The Bertz CT molecular complexity index is 356. The number of carboxylic acids is 1. The standard InChI is InChI=1S/C12H14O3/c1-2-15-9-5-3-8(4-6-9)10-7-11(10)12(13)14/h3-6,10-11H,2,7H2,1H3,(H,13,14)/t10-,11-/m0/s1. The van der Waals surface area contributed by atoms with E-state index in [0.29, 0.717) is 6.61 Å². The van der Waals surface area contributed by atoms with Crippen LogP contribution in [0.5, 0.6) is 5.75 Å². The molecule has 0 spiro atoms. The molecule has 0 saturated heterocycles. The number of rotatable bonds is 4. The number of aliphatic carboxylic acids is 1. The largest absolute Gasteiger partial charge is 0.494 e. The summed E-state index contributed by atoms with van der Waals surface area (Å²) in [5.74, 6) is 0.184. The minimum absolute atomic E-state index is 0.178. The second-order valence-corrected chi connectivity index (χ2v) is 3.79. The van der Waals surface area contributed by atoms with Crippen LogP contribution in [0.15, 0.2) is 24.3 Å². The average Bonchev–Trinajstić information content (AvgIpc) is 2.99. The maximum atomic E-state index is 10.7. The lowest BCUT2D eigenvalue weighted by atomic mass is 10.1. The van der Waals surface area contributed by atoms with Crippen LogP contribution in [-0.4, -0.2) is 17.7 Å². The van der Waals surface area contributed by atoms with E-state index in [1.165, 1.54) is 0 Å². The van der Waals surface area contributed by atoms with Crippen molar-refractivity contribution in [2.75, 3.05) is 6.61 Å². The quantitative estimate of drug-likeness (QED) is 0.822. The Labute approximate surface area is 88.7 Å². The fourth-order valence-corrected chi connectivity index (χ4v) is 1.81. The SMILES string of the molecule is CCOc1ccc([C@@H]2C[C@@H]2C(=O)O)cc1. The van der Waals surface area contributed by atoms with Gasteiger partial charge in [0.1, 0.15) is 5.75 Å². The predicted molar refractivity (Wildman–Crippen MR) is 56.1 cm³/mol. The Morgan fingerprint density at radius 1 is 1.47 bits per heavy atom. The summed E-state index contributed by atoms with van der Waals surface area (Å²) in [5, 5.41) is 8.80. The third kappa shape index (κ3) is 2.12. The summed E-state index contributed by atoms with van der Waals surface area (Å²) < 4.78 is 5.32. The zero-order valence-corrected chi connectivity index (χ0v) is 8.64. The summed E-state index contributed by atoms with van der Waals surface area (Å²) in [6, 6.07) is 7.71. The van der Waals surface area contributed by atoms with Gasteiger partial charge >= 0.3 is 5.97 Å². The van der Waals surface area contributed by atoms with Gasteiger partial charge in [-0.3, -0.25) is 4.79 Å². The molecule has 3 heteroatoms. The number of carboxylic acid groups (broad SMARTS) is 1. The zero-order chi connectivity index (χ0) is 10.8. The molecule has 1 N–H and O–H groups in total. The van der Waals surface area contributed by atoms with Gasteiger partial charge < -0.3 is 9.84 Å². The molecule has 2 rings (SSSR count). The molecule has 0 radical (unpaired) electrons. The normalized spacial score (nSPS) is 23.5. The first-order valence-electron chi connectivity index (χ1n) is 5.18. The molecule has 0 bridgehead atoms. The van der Waals surface area contributed by atoms with Crippen LogP contribution in [-0.2, 0) is 4.79 Å². The van der Waals surface area contributed by atoms with Gasteiger partial charge in [0.05, 0.1) is 12.5 Å². The van der Waals surface area contributed by atoms with Crippen LogP contribution in [0, 0.1) is 5.92 Å². The van der Waals surface area contributed by atoms with Gasteiger partial charge in [0.15, 0.2) is 0 Å². The third-order valence-corrected chi connectivity index (χ3v) is 2.73. The van der Waals surface area contributed by atoms with Gasteiger partial charge in [-0.25, -0.2) is 0 Å². The first-order valence-corrected chi connectivity index (χ1v) is 5.18. The highest BCUT2D eigenvalue weighted by Gasteiger charge is 2.43. The van der Waals surface area contributed by atoms with Gasteiger partial charge in [0, 0.05) is 0 Å². The monoisotopic (exact) mass is 206 g/mol. The lowest BCUT2D eigenvalue weighted by Gasteiger charge is -2.03. The number of carbonyl (C=O) groups is 1. The zero-order valence-electron chi connectivity index (χ0n) is 8.64. The Kier molecular flexibility index (Phi) is 2.62. The molecule has 0 heterocycles. The topological polar surface area (TPSA) is 46.5 Å². The van der Waals surface area contributed by atoms with E-state index in [9.17, 15) is 4.79 Å². The maximum absolute atomic E-state index is 10.7. The summed E-state index contributed by atoms with van der Waals surface area (Å²) in [7, 11) is 0. The van der Waals surface area contributed by atoms with Crippen molar-refractivity contribution >= 4 is 5.97 Å². The van der Waals surface area contributed by atoms with Gasteiger partial charge in [-0.05, 0) is 37.0 Å². The van der Waals surface area contributed by atoms with Gasteiger partial charge in [-0.1, -0.05) is 12.1 Å². The van der Waals surface area contributed by atoms with Crippen molar-refractivity contribution in [3.63, 3.8) is 0 Å². The minimum Gasteiger partial charge on any atom is -0.494 e. The molecule has 1 aromatic rings. The molecule has 3 nitrogen and oxygen atoms in total. The third-order valence-electron chi connectivity index (χ3n) is 2.73. The molecule has 1 fully saturated rings. The highest BCUT2D eigenvalue weighted by atomic mass is 16.5. The van der Waals surface area contributed by atoms with Crippen LogP contribution in [0.2, 0.25) is 0 Å². The molecule has 0 aromatic heterocycles. The molecular formula is C12H14O3. The highest BCUT2D eigenvalue weighted by Crippen LogP contribution is 2.47. The van der Waals surface area contributed by atoms with E-state index in [0.717, 1.165) is 17.7 Å². The van der Waals surface area contributed by atoms with Crippen molar-refractivity contribution in [3.8, 4) is 5.75 Å². The summed E-state index contributed by atoms with van der Waals surface area (Å²) in [6.45, 7) is 2.59. The van der Waals surface area contributed by atoms with Gasteiger partial charge in [-0.15, -0.1) is 0 Å². The molecule has 0 aliphatic heterocycles. The van der Waals surface area contributed by atoms with Crippen LogP contribution in [0.4, 0.5) is 0 Å². The first kappa shape index (κ1) is 10.0. The predicted octanol–water partition coefficient (Wildman–Crippen LogP) is 2.27. The van der Waals surface area contributed by atoms with Crippen molar-refractivity contribution in [3.05, 3.63) is 29.8 Å². The molecule has 1 aliphatic carbocycles. The smallest absolute Gasteiger partial charge is 0.307 e. The molecule has 15 heavy (non-hydrogen) atoms. The highest BCUT2D eigenvalue weighted by molar-refractivity contribution is 5.75. The van der Waals surface area contributed by atoms with Crippen molar-refractivity contribution in [1.29, 1.82) is 0 Å². The molecule has 1 aromatic carbocycles. The van der Waals surface area contributed by atoms with Crippen LogP contribution in [0.25, 0.3) is 0 Å². The molecule has 1 saturated carbocycles. The maximum Gasteiger partial charge on any atom is 0.307 e. The summed E-state index contributed by atoms with van der Waals surface area (Å²) >= 11 is 0. The molecule has 2 atom stereocenters. The van der Waals surface area contributed by atoms with Crippen molar-refractivity contribution in [2.45, 2.75) is 19.3 Å². The van der Waals surface area contributed by atoms with E-state index in [1.54, 1.807) is 0 Å². The van der Waals surface area contributed by atoms with E-state index in [4.69, 9.17) is 9.84 Å². The van der Waals surface area contributed by atoms with Crippen LogP contribution >= 0.6 is 0 Å². The van der Waals surface area contributed by atoms with E-state index in [-0.39, 0.29) is 11.8 Å². The van der Waals surface area contributed by atoms with E-state index >= 15 is 0 Å². The molecule has 0 amide bonds. The first-order chi connectivity index (χ1) is 7.22. The van der Waals surface area contributed by atoms with Crippen molar-refractivity contribution in [1.82, 2.24) is 0 Å². The van der Waals surface area contributed by atoms with Gasteiger partial charge in [0.2, 0.25) is 0 Å². The fourth-order valence-electron chi connectivity index (χ4n) is 1.81. The van der Waals surface area contributed by atoms with E-state index in [1.807, 2.05) is 31.2 Å². The van der Waals surface area contributed by atoms with Crippen LogP contribution < -0.4 is 4.74 Å². The molecule has 0 unspecified atom stereocenters. The van der Waals surface area contributed by atoms with Gasteiger partial charge in [0.25, 0.3) is 0 Å². The summed E-state index contributed by atoms with van der Waals surface area (Å²) in [6.07, 6.45) is 0.767. The Morgan fingerprint density at radius 3 is 2.60 bits per heavy atom. The van der Waals surface area contributed by atoms with Crippen molar-refractivity contribution < 1.29 is 14.6 Å². The van der Waals surface area contributed by atoms with E-state index in [2.05, 4.69) is 0 Å². The lowest BCUT2D eigenvalue weighted by Crippen LogP contribution is -1.99. The Balaban J connectivity index is 2.03. The Morgan fingerprint density at radius 2 is 2.13 bits per heavy atom. The Hall–Kier alpha value is -1.51. The van der Waals surface area contributed by atoms with Crippen molar-refractivity contribution in [2.24, 2.45) is 5.92 Å². The molecule has 80 valence electrons. The second kappa shape index (κ2) is 3.93. The minimum atomic E-state index is -0.686. The number of hydrogen-bond acceptors (Lipinski definition) is 2. The molecule has 1 aliphatic rings. The second-order valence-electron chi connectivity index (χ2n) is 3.79. The van der Waals surface area contributed by atoms with Crippen LogP contribution in [0.1, 0.15) is 24.8 Å². The van der Waals surface area contributed by atoms with Crippen LogP contribution in [0.3, 0.4) is 0 Å². The van der Waals surface area contributed by atoms with E-state index < -0.39 is 5.97 Å². The average molecular weight is 206 g/mol. The number of hydrogen-bond donors (Lipinski definition) is 1. The lowest BCUT2D eigenvalue weighted by molar-refractivity contribution is -0.138. The summed E-state index contributed by atoms with van der Waals surface area (Å²) in [4.78, 5) is 10.7. The number of benzene rings is 1. The molecular weight excluding hydrogens is 192 g/mol. The summed E-state index contributed by atoms with van der Waals surface area (Å²) in [5.41, 5.74) is 1.10.